The van der Waals surface area contributed by atoms with Crippen LogP contribution in [0, 0.1) is 0 Å². The normalized spacial score (nSPS) is 18.2. The van der Waals surface area contributed by atoms with Crippen LogP contribution < -0.4 is 10.9 Å². The summed E-state index contributed by atoms with van der Waals surface area (Å²) in [7, 11) is -0.967. The predicted molar refractivity (Wildman–Crippen MR) is 197 cm³/mol. The van der Waals surface area contributed by atoms with Crippen LogP contribution in [0.4, 0.5) is 0 Å². The molecule has 0 bridgehead atoms. The van der Waals surface area contributed by atoms with Gasteiger partial charge in [-0.05, 0) is 101 Å². The second kappa shape index (κ2) is 12.1. The summed E-state index contributed by atoms with van der Waals surface area (Å²) in [5.41, 5.74) is 5.52. The van der Waals surface area contributed by atoms with Crippen LogP contribution in [0.2, 0.25) is 0 Å². The maximum absolute atomic E-state index is 7.08. The van der Waals surface area contributed by atoms with Gasteiger partial charge in [-0.1, -0.05) is 85.0 Å². The Bertz CT molecular complexity index is 2020. The van der Waals surface area contributed by atoms with Crippen molar-refractivity contribution < 1.29 is 23.0 Å². The summed E-state index contributed by atoms with van der Waals surface area (Å²) in [5.74, 6) is 0.885. The van der Waals surface area contributed by atoms with Gasteiger partial charge in [0.25, 0.3) is 0 Å². The summed E-state index contributed by atoms with van der Waals surface area (Å²) < 4.78 is 32.7. The quantitative estimate of drug-likeness (QED) is 0.133. The number of allylic oxidation sites excluding steroid dienone is 4. The summed E-state index contributed by atoms with van der Waals surface area (Å²) in [5, 5.41) is 5.53. The Kier molecular flexibility index (Phi) is 8.25. The molecule has 47 heavy (non-hydrogen) atoms. The topological polar surface area (TPSA) is 50.1 Å². The summed E-state index contributed by atoms with van der Waals surface area (Å²) in [4.78, 5) is 0. The Hall–Kier alpha value is -3.61. The summed E-state index contributed by atoms with van der Waals surface area (Å²) in [6, 6.07) is 23.6. The van der Waals surface area contributed by atoms with Gasteiger partial charge in [0.05, 0.1) is 11.7 Å². The van der Waals surface area contributed by atoms with E-state index < -0.39 is 14.2 Å². The maximum Gasteiger partial charge on any atom is 0.494 e. The molecule has 4 aromatic carbocycles. The van der Waals surface area contributed by atoms with Crippen LogP contribution in [0.3, 0.4) is 0 Å². The first-order valence-corrected chi connectivity index (χ1v) is 16.9. The molecule has 0 N–H and O–H groups in total. The molecular formula is C40H44B2O5. The second-order valence-corrected chi connectivity index (χ2v) is 14.7. The molecule has 1 unspecified atom stereocenters. The maximum atomic E-state index is 7.08. The van der Waals surface area contributed by atoms with Crippen LogP contribution in [-0.2, 0) is 18.6 Å². The Morgan fingerprint density at radius 2 is 1.68 bits per heavy atom. The number of hydrogen-bond acceptors (Lipinski definition) is 5. The third kappa shape index (κ3) is 6.11. The zero-order valence-electron chi connectivity index (χ0n) is 28.8. The molecule has 0 radical (unpaired) electrons. The highest BCUT2D eigenvalue weighted by Gasteiger charge is 2.44. The van der Waals surface area contributed by atoms with Crippen LogP contribution in [0.5, 0.6) is 0 Å². The minimum Gasteiger partial charge on any atom is -0.455 e. The lowest BCUT2D eigenvalue weighted by atomic mass is 9.75. The zero-order valence-corrected chi connectivity index (χ0v) is 28.8. The van der Waals surface area contributed by atoms with E-state index in [1.807, 2.05) is 19.9 Å². The van der Waals surface area contributed by atoms with Crippen molar-refractivity contribution in [3.8, 4) is 11.3 Å². The molecule has 7 heteroatoms. The first kappa shape index (κ1) is 32.0. The monoisotopic (exact) mass is 626 g/mol. The zero-order chi connectivity index (χ0) is 33.1. The molecular weight excluding hydrogens is 582 g/mol. The molecule has 1 saturated heterocycles. The van der Waals surface area contributed by atoms with Crippen LogP contribution in [0.1, 0.15) is 73.8 Å². The third-order valence-corrected chi connectivity index (χ3v) is 9.29. The van der Waals surface area contributed by atoms with Gasteiger partial charge in [0.1, 0.15) is 11.3 Å². The minimum absolute atomic E-state index is 0.00740. The van der Waals surface area contributed by atoms with E-state index in [0.717, 1.165) is 73.2 Å². The van der Waals surface area contributed by atoms with Gasteiger partial charge in [-0.25, -0.2) is 0 Å². The van der Waals surface area contributed by atoms with Crippen LogP contribution in [0.15, 0.2) is 89.4 Å². The Morgan fingerprint density at radius 1 is 0.936 bits per heavy atom. The lowest BCUT2D eigenvalue weighted by Crippen LogP contribution is -2.44. The molecule has 2 aliphatic rings. The van der Waals surface area contributed by atoms with E-state index in [1.165, 1.54) is 5.57 Å². The lowest BCUT2D eigenvalue weighted by molar-refractivity contribution is 0.0757. The fraction of sp³-hybridized carbons (Fsp3) is 0.350. The van der Waals surface area contributed by atoms with Crippen LogP contribution in [0.25, 0.3) is 49.4 Å². The van der Waals surface area contributed by atoms with E-state index in [0.29, 0.717) is 0 Å². The standard InChI is InChI=1S/C40H44B2O5/c1-25(2)44-41(46-39(4,5)6)30-20-22-32-31-21-19-29(42-45-26(3)40(7,8)47-42)23-33(31)36-35(27-15-11-9-12-16-27)37(28-17-13-10-14-18-28)43-38(36)34(32)24-30/h9-11,13-15,17-26H,12,16H2,1-8H3. The molecule has 0 spiro atoms. The van der Waals surface area contributed by atoms with E-state index in [4.69, 9.17) is 23.0 Å². The highest BCUT2D eigenvalue weighted by molar-refractivity contribution is 6.63. The molecule has 1 atom stereocenters. The molecule has 1 aliphatic heterocycles. The smallest absolute Gasteiger partial charge is 0.455 e. The van der Waals surface area contributed by atoms with Gasteiger partial charge in [0.15, 0.2) is 0 Å². The highest BCUT2D eigenvalue weighted by Crippen LogP contribution is 2.46. The van der Waals surface area contributed by atoms with Crippen LogP contribution in [-0.4, -0.2) is 37.6 Å². The highest BCUT2D eigenvalue weighted by atomic mass is 16.7. The van der Waals surface area contributed by atoms with Gasteiger partial charge in [-0.15, -0.1) is 0 Å². The molecule has 1 fully saturated rings. The van der Waals surface area contributed by atoms with Crippen LogP contribution >= 0.6 is 0 Å². The molecule has 5 nitrogen and oxygen atoms in total. The van der Waals surface area contributed by atoms with Crippen molar-refractivity contribution in [3.05, 3.63) is 90.5 Å². The van der Waals surface area contributed by atoms with Crippen molar-refractivity contribution >= 4 is 63.2 Å². The number of rotatable bonds is 7. The van der Waals surface area contributed by atoms with Gasteiger partial charge in [-0.2, -0.15) is 0 Å². The number of benzene rings is 4. The number of hydrogen-bond donors (Lipinski definition) is 0. The van der Waals surface area contributed by atoms with Crippen molar-refractivity contribution in [1.29, 1.82) is 0 Å². The van der Waals surface area contributed by atoms with E-state index in [-0.39, 0.29) is 23.4 Å². The molecule has 0 amide bonds. The van der Waals surface area contributed by atoms with E-state index >= 15 is 0 Å². The molecule has 0 saturated carbocycles. The van der Waals surface area contributed by atoms with Gasteiger partial charge in [-0.3, -0.25) is 0 Å². The van der Waals surface area contributed by atoms with Gasteiger partial charge < -0.3 is 23.0 Å². The Labute approximate surface area is 279 Å². The minimum atomic E-state index is -0.524. The fourth-order valence-corrected chi connectivity index (χ4v) is 6.71. The fourth-order valence-electron chi connectivity index (χ4n) is 6.71. The van der Waals surface area contributed by atoms with Crippen molar-refractivity contribution in [1.82, 2.24) is 0 Å². The van der Waals surface area contributed by atoms with Crippen molar-refractivity contribution in [2.24, 2.45) is 0 Å². The molecule has 1 aliphatic carbocycles. The van der Waals surface area contributed by atoms with E-state index in [2.05, 4.69) is 120 Å². The summed E-state index contributed by atoms with van der Waals surface area (Å²) in [6.45, 7) is 16.5. The summed E-state index contributed by atoms with van der Waals surface area (Å²) in [6.07, 6.45) is 8.54. The number of furan rings is 1. The lowest BCUT2D eigenvalue weighted by Gasteiger charge is -2.27. The van der Waals surface area contributed by atoms with Crippen molar-refractivity contribution in [3.63, 3.8) is 0 Å². The third-order valence-electron chi connectivity index (χ3n) is 9.29. The van der Waals surface area contributed by atoms with Crippen molar-refractivity contribution in [2.75, 3.05) is 0 Å². The molecule has 2 heterocycles. The largest absolute Gasteiger partial charge is 0.494 e. The van der Waals surface area contributed by atoms with Gasteiger partial charge in [0.2, 0.25) is 0 Å². The van der Waals surface area contributed by atoms with E-state index in [1.54, 1.807) is 0 Å². The average molecular weight is 626 g/mol. The average Bonchev–Trinajstić information content (AvgIpc) is 3.57. The Morgan fingerprint density at radius 3 is 2.34 bits per heavy atom. The molecule has 7 rings (SSSR count). The van der Waals surface area contributed by atoms with E-state index in [9.17, 15) is 0 Å². The summed E-state index contributed by atoms with van der Waals surface area (Å²) >= 11 is 0. The number of fused-ring (bicyclic) bond motifs is 6. The predicted octanol–water partition coefficient (Wildman–Crippen LogP) is 8.98. The Balaban J connectivity index is 1.56. The molecule has 5 aromatic rings. The SMILES string of the molecule is CC(C)OB(OC(C)(C)C)c1ccc2c3ccc(B4OC(C)C(C)(C)O4)cc3c3c(C4=CC=CCC4)c(-c4ccccc4)oc3c2c1. The second-order valence-electron chi connectivity index (χ2n) is 14.7. The van der Waals surface area contributed by atoms with Gasteiger partial charge in [0, 0.05) is 33.6 Å². The van der Waals surface area contributed by atoms with Gasteiger partial charge >= 0.3 is 14.2 Å². The first-order chi connectivity index (χ1) is 22.4. The molecule has 1 aromatic heterocycles. The molecule has 240 valence electrons. The van der Waals surface area contributed by atoms with Crippen molar-refractivity contribution in [2.45, 2.75) is 91.6 Å². The first-order valence-electron chi connectivity index (χ1n) is 16.9.